The minimum absolute atomic E-state index is 0. The van der Waals surface area contributed by atoms with Gasteiger partial charge in [0.2, 0.25) is 0 Å². The van der Waals surface area contributed by atoms with E-state index in [1.165, 1.54) is 0 Å². The third-order valence-corrected chi connectivity index (χ3v) is 8.74. The van der Waals surface area contributed by atoms with E-state index >= 15 is 0 Å². The summed E-state index contributed by atoms with van der Waals surface area (Å²) in [6, 6.07) is 0. The van der Waals surface area contributed by atoms with Gasteiger partial charge in [-0.15, -0.1) is 0 Å². The van der Waals surface area contributed by atoms with Crippen molar-refractivity contribution in [1.29, 1.82) is 0 Å². The zero-order valence-corrected chi connectivity index (χ0v) is 33.5. The summed E-state index contributed by atoms with van der Waals surface area (Å²) < 4.78 is 494. The van der Waals surface area contributed by atoms with Crippen LogP contribution in [-0.4, -0.2) is 133 Å². The SMILES string of the molecule is O=C(/C=C(\CC(=O)OCCC(F)(F)C(F)(F)C(F)(F)C(F)(F)C(F)(F)C(F)(F)C(F)(F)C(F)(F)F)S(=O)(=O)[O-])OCCC(F)(F)C(F)(F)C(F)(F)C(F)(F)C(F)(F)C(F)(F)C(F)(F)C(F)(F)F.[Na+]. The summed E-state index contributed by atoms with van der Waals surface area (Å²) in [5, 5.41) is 0. The fourth-order valence-electron chi connectivity index (χ4n) is 3.86. The zero-order chi connectivity index (χ0) is 54.9. The second-order valence-electron chi connectivity index (χ2n) is 12.4. The Bertz CT molecular complexity index is 1950. The van der Waals surface area contributed by atoms with E-state index in [0.717, 1.165) is 0 Å². The van der Waals surface area contributed by atoms with Gasteiger partial charge in [-0.25, -0.2) is 13.2 Å². The van der Waals surface area contributed by atoms with Crippen LogP contribution in [-0.2, 0) is 29.2 Å². The van der Waals surface area contributed by atoms with Crippen LogP contribution < -0.4 is 29.6 Å². The number of ether oxygens (including phenoxy) is 2. The molecule has 0 bridgehead atoms. The molecule has 0 aromatic heterocycles. The van der Waals surface area contributed by atoms with Crippen molar-refractivity contribution in [2.75, 3.05) is 13.2 Å². The van der Waals surface area contributed by atoms with Crippen LogP contribution in [0.2, 0.25) is 0 Å². The van der Waals surface area contributed by atoms with Crippen LogP contribution in [0.4, 0.5) is 149 Å². The Kier molecular flexibility index (Phi) is 18.8. The molecule has 0 aromatic carbocycles. The normalized spacial score (nSPS) is 16.1. The first-order valence-electron chi connectivity index (χ1n) is 15.0. The molecule has 0 aliphatic heterocycles. The predicted octanol–water partition coefficient (Wildman–Crippen LogP) is 7.70. The molecule has 68 heavy (non-hydrogen) atoms. The van der Waals surface area contributed by atoms with E-state index in [0.29, 0.717) is 0 Å². The Morgan fingerprint density at radius 2 is 0.603 bits per heavy atom. The number of carbonyl (C=O) groups is 2. The average Bonchev–Trinajstić information content (AvgIpc) is 3.08. The Morgan fingerprint density at radius 1 is 0.382 bits per heavy atom. The van der Waals surface area contributed by atoms with Crippen molar-refractivity contribution < 1.29 is 211 Å². The van der Waals surface area contributed by atoms with Gasteiger partial charge in [0, 0.05) is 6.08 Å². The molecule has 0 saturated heterocycles. The van der Waals surface area contributed by atoms with Crippen LogP contribution in [0, 0.1) is 0 Å². The average molecular weight is 1120 g/mol. The zero-order valence-electron chi connectivity index (χ0n) is 30.7. The van der Waals surface area contributed by atoms with E-state index in [4.69, 9.17) is 0 Å². The monoisotopic (exact) mass is 1120 g/mol. The first kappa shape index (κ1) is 67.3. The number of hydrogen-bond donors (Lipinski definition) is 0. The first-order valence-corrected chi connectivity index (χ1v) is 16.4. The van der Waals surface area contributed by atoms with Crippen molar-refractivity contribution in [2.24, 2.45) is 0 Å². The molecule has 0 spiro atoms. The van der Waals surface area contributed by atoms with Crippen molar-refractivity contribution in [3.05, 3.63) is 11.0 Å². The van der Waals surface area contributed by atoms with E-state index in [9.17, 15) is 172 Å². The van der Waals surface area contributed by atoms with Gasteiger partial charge >= 0.3 is 137 Å². The quantitative estimate of drug-likeness (QED) is 0.0360. The third-order valence-electron chi connectivity index (χ3n) is 7.83. The van der Waals surface area contributed by atoms with E-state index < -0.39 is 161 Å². The second kappa shape index (κ2) is 19.0. The number of rotatable bonds is 22. The van der Waals surface area contributed by atoms with Crippen LogP contribution in [0.5, 0.6) is 0 Å². The molecule has 0 aliphatic rings. The van der Waals surface area contributed by atoms with Gasteiger partial charge in [-0.1, -0.05) is 0 Å². The molecule has 0 rings (SSSR count). The molecule has 43 heteroatoms. The van der Waals surface area contributed by atoms with Crippen LogP contribution in [0.3, 0.4) is 0 Å². The molecule has 0 unspecified atom stereocenters. The van der Waals surface area contributed by atoms with Crippen molar-refractivity contribution in [1.82, 2.24) is 0 Å². The molecule has 0 saturated carbocycles. The van der Waals surface area contributed by atoms with Crippen molar-refractivity contribution in [2.45, 2.75) is 115 Å². The summed E-state index contributed by atoms with van der Waals surface area (Å²) in [5.74, 6) is -126. The van der Waals surface area contributed by atoms with Gasteiger partial charge in [0.05, 0.1) is 37.4 Å². The molecule has 0 aliphatic carbocycles. The molecule has 0 N–H and O–H groups in total. The molecule has 0 fully saturated rings. The fourth-order valence-corrected chi connectivity index (χ4v) is 4.39. The first-order chi connectivity index (χ1) is 28.6. The Hall–Kier alpha value is -2.79. The van der Waals surface area contributed by atoms with Gasteiger partial charge in [-0.05, 0) is 0 Å². The fraction of sp³-hybridized carbons (Fsp3) is 0.840. The molecular formula is C25H11F34NaO7S. The summed E-state index contributed by atoms with van der Waals surface area (Å²) in [5.41, 5.74) is 0. The van der Waals surface area contributed by atoms with Gasteiger partial charge in [-0.3, -0.25) is 4.79 Å². The van der Waals surface area contributed by atoms with Crippen LogP contribution in [0.25, 0.3) is 0 Å². The standard InChI is InChI=1S/C25H12F34O7S.Na/c26-10(27,12(30,31)14(34,35)16(38,39)18(42,43)20(46,47)22(50,51)24(54,55)56)1-3-65-8(60)5-7(67(62,63)64)6-9(61)66-4-2-11(28,29)13(32,33)15(36,37)17(40,41)19(44,45)21(48,49)23(52,53)25(57,58)59;/h5H,1-4,6H2,(H,62,63,64);/q;+1/p-1/b7-5+;. The van der Waals surface area contributed by atoms with E-state index in [-0.39, 0.29) is 29.6 Å². The molecular weight excluding hydrogens is 1110 g/mol. The van der Waals surface area contributed by atoms with Gasteiger partial charge in [0.25, 0.3) is 0 Å². The third kappa shape index (κ3) is 10.7. The van der Waals surface area contributed by atoms with Gasteiger partial charge in [-0.2, -0.15) is 149 Å². The van der Waals surface area contributed by atoms with E-state index in [1.807, 2.05) is 0 Å². The minimum Gasteiger partial charge on any atom is -0.744 e. The van der Waals surface area contributed by atoms with E-state index in [2.05, 4.69) is 9.47 Å². The Morgan fingerprint density at radius 3 is 0.838 bits per heavy atom. The van der Waals surface area contributed by atoms with Crippen molar-refractivity contribution in [3.63, 3.8) is 0 Å². The second-order valence-corrected chi connectivity index (χ2v) is 13.9. The summed E-state index contributed by atoms with van der Waals surface area (Å²) in [4.78, 5) is 20.8. The Balaban J connectivity index is 0. The number of halogens is 34. The Labute approximate surface area is 371 Å². The molecule has 7 nitrogen and oxygen atoms in total. The number of esters is 2. The van der Waals surface area contributed by atoms with Crippen LogP contribution in [0.15, 0.2) is 11.0 Å². The molecule has 0 radical (unpaired) electrons. The van der Waals surface area contributed by atoms with Crippen molar-refractivity contribution in [3.8, 4) is 0 Å². The smallest absolute Gasteiger partial charge is 0.744 e. The molecule has 0 aromatic rings. The summed E-state index contributed by atoms with van der Waals surface area (Å²) in [6.07, 6.45) is -27.0. The maximum Gasteiger partial charge on any atom is 1.00 e. The summed E-state index contributed by atoms with van der Waals surface area (Å²) >= 11 is 0. The number of alkyl halides is 34. The van der Waals surface area contributed by atoms with Crippen LogP contribution >= 0.6 is 0 Å². The van der Waals surface area contributed by atoms with Gasteiger partial charge < -0.3 is 14.0 Å². The minimum atomic E-state index is -9.06. The summed E-state index contributed by atoms with van der Waals surface area (Å²) in [7, 11) is -6.58. The number of carbonyl (C=O) groups excluding carboxylic acids is 2. The van der Waals surface area contributed by atoms with Gasteiger partial charge in [0.1, 0.15) is 10.1 Å². The topological polar surface area (TPSA) is 110 Å². The summed E-state index contributed by atoms with van der Waals surface area (Å²) in [6.45, 7) is -5.68. The molecule has 0 amide bonds. The maximum absolute atomic E-state index is 13.9. The molecule has 398 valence electrons. The van der Waals surface area contributed by atoms with Gasteiger partial charge in [0.15, 0.2) is 0 Å². The maximum atomic E-state index is 13.9. The largest absolute Gasteiger partial charge is 1.00 e. The van der Waals surface area contributed by atoms with E-state index in [1.54, 1.807) is 0 Å². The van der Waals surface area contributed by atoms with Crippen LogP contribution in [0.1, 0.15) is 19.3 Å². The number of hydrogen-bond acceptors (Lipinski definition) is 7. The molecule has 0 heterocycles. The van der Waals surface area contributed by atoms with Crippen molar-refractivity contribution >= 4 is 22.1 Å². The predicted molar refractivity (Wildman–Crippen MR) is 135 cm³/mol. The molecule has 0 atom stereocenters.